The largest absolute Gasteiger partial charge is 0.388 e. The highest BCUT2D eigenvalue weighted by molar-refractivity contribution is 14.1. The Hall–Kier alpha value is 0.0900. The fourth-order valence-electron chi connectivity index (χ4n) is 1.49. The molecule has 0 saturated heterocycles. The number of halogens is 2. The van der Waals surface area contributed by atoms with Crippen molar-refractivity contribution in [2.24, 2.45) is 0 Å². The standard InChI is InChI=1S/C12H10BrIOS/c13-10-4-2-1-3-8(10)5-11(15)9-6-12(14)16-7-9/h1-4,6-7,11,15H,5H2. The number of aliphatic hydroxyl groups excluding tert-OH is 1. The van der Waals surface area contributed by atoms with Crippen molar-refractivity contribution in [1.82, 2.24) is 0 Å². The predicted molar refractivity (Wildman–Crippen MR) is 79.8 cm³/mol. The summed E-state index contributed by atoms with van der Waals surface area (Å²) in [5.41, 5.74) is 2.14. The van der Waals surface area contributed by atoms with Gasteiger partial charge in [0, 0.05) is 10.9 Å². The van der Waals surface area contributed by atoms with Crippen LogP contribution >= 0.6 is 49.9 Å². The van der Waals surface area contributed by atoms with Crippen molar-refractivity contribution in [3.63, 3.8) is 0 Å². The van der Waals surface area contributed by atoms with Gasteiger partial charge in [-0.05, 0) is 51.2 Å². The van der Waals surface area contributed by atoms with Gasteiger partial charge < -0.3 is 5.11 Å². The Morgan fingerprint density at radius 1 is 1.38 bits per heavy atom. The number of hydrogen-bond donors (Lipinski definition) is 1. The molecule has 1 atom stereocenters. The highest BCUT2D eigenvalue weighted by Crippen LogP contribution is 2.27. The maximum Gasteiger partial charge on any atom is 0.0839 e. The van der Waals surface area contributed by atoms with Crippen LogP contribution < -0.4 is 0 Å². The minimum absolute atomic E-state index is 0.418. The van der Waals surface area contributed by atoms with Crippen LogP contribution in [0.4, 0.5) is 0 Å². The molecule has 0 amide bonds. The summed E-state index contributed by atoms with van der Waals surface area (Å²) in [6.45, 7) is 0. The smallest absolute Gasteiger partial charge is 0.0839 e. The average molecular weight is 409 g/mol. The molecule has 1 heterocycles. The van der Waals surface area contributed by atoms with Crippen molar-refractivity contribution >= 4 is 49.9 Å². The van der Waals surface area contributed by atoms with Gasteiger partial charge >= 0.3 is 0 Å². The number of rotatable bonds is 3. The van der Waals surface area contributed by atoms with E-state index >= 15 is 0 Å². The van der Waals surface area contributed by atoms with Crippen LogP contribution in [0.2, 0.25) is 0 Å². The first-order chi connectivity index (χ1) is 7.66. The second-order valence-electron chi connectivity index (χ2n) is 3.50. The third-order valence-electron chi connectivity index (χ3n) is 2.34. The Bertz CT molecular complexity index is 483. The van der Waals surface area contributed by atoms with Gasteiger partial charge in [-0.15, -0.1) is 11.3 Å². The van der Waals surface area contributed by atoms with E-state index < -0.39 is 6.10 Å². The van der Waals surface area contributed by atoms with E-state index in [1.807, 2.05) is 35.7 Å². The van der Waals surface area contributed by atoms with Crippen LogP contribution in [-0.2, 0) is 6.42 Å². The van der Waals surface area contributed by atoms with Crippen LogP contribution in [-0.4, -0.2) is 5.11 Å². The van der Waals surface area contributed by atoms with Crippen LogP contribution in [0, 0.1) is 2.88 Å². The molecule has 4 heteroatoms. The normalized spacial score (nSPS) is 12.7. The van der Waals surface area contributed by atoms with Crippen molar-refractivity contribution < 1.29 is 5.11 Å². The molecular formula is C12H10BrIOS. The molecule has 1 unspecified atom stereocenters. The molecule has 0 aliphatic carbocycles. The third kappa shape index (κ3) is 3.06. The monoisotopic (exact) mass is 408 g/mol. The van der Waals surface area contributed by atoms with Gasteiger partial charge in [-0.2, -0.15) is 0 Å². The van der Waals surface area contributed by atoms with E-state index in [0.29, 0.717) is 6.42 Å². The maximum absolute atomic E-state index is 10.1. The molecule has 0 radical (unpaired) electrons. The maximum atomic E-state index is 10.1. The summed E-state index contributed by atoms with van der Waals surface area (Å²) in [4.78, 5) is 0. The molecule has 1 N–H and O–H groups in total. The number of thiophene rings is 1. The highest BCUT2D eigenvalue weighted by atomic mass is 127. The summed E-state index contributed by atoms with van der Waals surface area (Å²) in [6.07, 6.45) is 0.229. The minimum atomic E-state index is -0.418. The van der Waals surface area contributed by atoms with Crippen LogP contribution in [0.25, 0.3) is 0 Å². The lowest BCUT2D eigenvalue weighted by Gasteiger charge is -2.10. The quantitative estimate of drug-likeness (QED) is 0.746. The molecule has 2 rings (SSSR count). The molecule has 0 saturated carbocycles. The van der Waals surface area contributed by atoms with Crippen molar-refractivity contribution in [2.45, 2.75) is 12.5 Å². The zero-order chi connectivity index (χ0) is 11.5. The van der Waals surface area contributed by atoms with Gasteiger partial charge in [0.2, 0.25) is 0 Å². The lowest BCUT2D eigenvalue weighted by atomic mass is 10.0. The van der Waals surface area contributed by atoms with Crippen LogP contribution in [0.3, 0.4) is 0 Å². The lowest BCUT2D eigenvalue weighted by Crippen LogP contribution is -2.00. The number of hydrogen-bond acceptors (Lipinski definition) is 2. The van der Waals surface area contributed by atoms with E-state index in [-0.39, 0.29) is 0 Å². The molecule has 84 valence electrons. The molecular weight excluding hydrogens is 399 g/mol. The minimum Gasteiger partial charge on any atom is -0.388 e. The Kier molecular flexibility index (Phi) is 4.41. The van der Waals surface area contributed by atoms with Gasteiger partial charge in [0.15, 0.2) is 0 Å². The van der Waals surface area contributed by atoms with Gasteiger partial charge in [-0.1, -0.05) is 34.1 Å². The molecule has 0 aliphatic rings. The molecule has 0 bridgehead atoms. The second-order valence-corrected chi connectivity index (χ2v) is 7.16. The first-order valence-corrected chi connectivity index (χ1v) is 7.57. The first kappa shape index (κ1) is 12.5. The van der Waals surface area contributed by atoms with Gasteiger partial charge in [-0.3, -0.25) is 0 Å². The van der Waals surface area contributed by atoms with Crippen LogP contribution in [0.15, 0.2) is 40.2 Å². The van der Waals surface area contributed by atoms with E-state index in [9.17, 15) is 5.11 Å². The molecule has 0 spiro atoms. The van der Waals surface area contributed by atoms with Gasteiger partial charge in [0.25, 0.3) is 0 Å². The lowest BCUT2D eigenvalue weighted by molar-refractivity contribution is 0.178. The van der Waals surface area contributed by atoms with Crippen molar-refractivity contribution in [3.8, 4) is 0 Å². The summed E-state index contributed by atoms with van der Waals surface area (Å²) in [5, 5.41) is 12.1. The van der Waals surface area contributed by atoms with Crippen LogP contribution in [0.5, 0.6) is 0 Å². The molecule has 1 aromatic heterocycles. The topological polar surface area (TPSA) is 20.2 Å². The zero-order valence-electron chi connectivity index (χ0n) is 8.36. The summed E-state index contributed by atoms with van der Waals surface area (Å²) >= 11 is 7.42. The van der Waals surface area contributed by atoms with E-state index in [1.54, 1.807) is 11.3 Å². The van der Waals surface area contributed by atoms with E-state index in [4.69, 9.17) is 0 Å². The Labute approximate surface area is 121 Å². The number of aliphatic hydroxyl groups is 1. The predicted octanol–water partition coefficient (Wildman–Crippen LogP) is 4.39. The van der Waals surface area contributed by atoms with E-state index in [2.05, 4.69) is 38.5 Å². The Morgan fingerprint density at radius 3 is 2.75 bits per heavy atom. The summed E-state index contributed by atoms with van der Waals surface area (Å²) in [6, 6.07) is 10.0. The fourth-order valence-corrected chi connectivity index (χ4v) is 3.35. The summed E-state index contributed by atoms with van der Waals surface area (Å²) < 4.78 is 2.26. The molecule has 0 fully saturated rings. The zero-order valence-corrected chi connectivity index (χ0v) is 12.9. The van der Waals surface area contributed by atoms with Gasteiger partial charge in [-0.25, -0.2) is 0 Å². The fraction of sp³-hybridized carbons (Fsp3) is 0.167. The second kappa shape index (κ2) is 5.62. The Morgan fingerprint density at radius 2 is 2.12 bits per heavy atom. The van der Waals surface area contributed by atoms with Crippen LogP contribution in [0.1, 0.15) is 17.2 Å². The summed E-state index contributed by atoms with van der Waals surface area (Å²) in [5.74, 6) is 0. The summed E-state index contributed by atoms with van der Waals surface area (Å²) in [7, 11) is 0. The molecule has 2 aromatic rings. The van der Waals surface area contributed by atoms with Crippen molar-refractivity contribution in [2.75, 3.05) is 0 Å². The SMILES string of the molecule is OC(Cc1ccccc1Br)c1csc(I)c1. The first-order valence-electron chi connectivity index (χ1n) is 4.82. The highest BCUT2D eigenvalue weighted by Gasteiger charge is 2.11. The van der Waals surface area contributed by atoms with E-state index in [1.165, 1.54) is 2.88 Å². The van der Waals surface area contributed by atoms with Gasteiger partial charge in [0.1, 0.15) is 0 Å². The Balaban J connectivity index is 2.13. The van der Waals surface area contributed by atoms with Gasteiger partial charge in [0.05, 0.1) is 8.99 Å². The molecule has 1 nitrogen and oxygen atoms in total. The van der Waals surface area contributed by atoms with Crippen molar-refractivity contribution in [1.29, 1.82) is 0 Å². The average Bonchev–Trinajstić information content (AvgIpc) is 2.68. The third-order valence-corrected chi connectivity index (χ3v) is 4.92. The molecule has 0 aliphatic heterocycles. The van der Waals surface area contributed by atoms with Crippen molar-refractivity contribution in [3.05, 3.63) is 54.2 Å². The number of benzene rings is 1. The molecule has 16 heavy (non-hydrogen) atoms. The molecule has 1 aromatic carbocycles. The van der Waals surface area contributed by atoms with E-state index in [0.717, 1.165) is 15.6 Å².